The molecule has 1 aliphatic rings. The minimum absolute atomic E-state index is 0.104. The van der Waals surface area contributed by atoms with Gasteiger partial charge in [-0.25, -0.2) is 13.2 Å². The quantitative estimate of drug-likeness (QED) is 0.633. The van der Waals surface area contributed by atoms with E-state index in [1.54, 1.807) is 0 Å². The SMILES string of the molecule is O=C(O)[C@@H]1CCCN1c1ccc(S(=O)(=O)C(F)F)cc1[N+](=O)[O-]. The summed E-state index contributed by atoms with van der Waals surface area (Å²) in [5, 5.41) is 20.3. The maximum absolute atomic E-state index is 12.6. The number of rotatable bonds is 5. The van der Waals surface area contributed by atoms with Gasteiger partial charge in [0.15, 0.2) is 0 Å². The van der Waals surface area contributed by atoms with E-state index in [2.05, 4.69) is 0 Å². The molecule has 8 nitrogen and oxygen atoms in total. The Balaban J connectivity index is 2.54. The average Bonchev–Trinajstić information content (AvgIpc) is 2.95. The number of aliphatic carboxylic acids is 1. The van der Waals surface area contributed by atoms with Crippen LogP contribution in [0, 0.1) is 10.1 Å². The fourth-order valence-electron chi connectivity index (χ4n) is 2.48. The van der Waals surface area contributed by atoms with E-state index in [-0.39, 0.29) is 18.7 Å². The summed E-state index contributed by atoms with van der Waals surface area (Å²) in [6.45, 7) is 0.235. The molecule has 23 heavy (non-hydrogen) atoms. The van der Waals surface area contributed by atoms with Crippen LogP contribution in [0.2, 0.25) is 0 Å². The molecule has 1 heterocycles. The molecule has 1 aromatic rings. The molecular weight excluding hydrogens is 338 g/mol. The van der Waals surface area contributed by atoms with Crippen molar-refractivity contribution >= 4 is 27.2 Å². The molecule has 1 saturated heterocycles. The first-order valence-electron chi connectivity index (χ1n) is 6.46. The van der Waals surface area contributed by atoms with Gasteiger partial charge in [0, 0.05) is 12.6 Å². The van der Waals surface area contributed by atoms with Crippen molar-refractivity contribution in [2.24, 2.45) is 0 Å². The standard InChI is InChI=1S/C12H12F2N2O6S/c13-12(14)23(21,22)7-3-4-8(10(6-7)16(19)20)15-5-1-2-9(15)11(17)18/h3-4,6,9,12H,1-2,5H2,(H,17,18)/t9-/m0/s1. The summed E-state index contributed by atoms with van der Waals surface area (Å²) in [6.07, 6.45) is 0.773. The topological polar surface area (TPSA) is 118 Å². The summed E-state index contributed by atoms with van der Waals surface area (Å²) in [5.41, 5.74) is -0.826. The fraction of sp³-hybridized carbons (Fsp3) is 0.417. The van der Waals surface area contributed by atoms with E-state index in [0.29, 0.717) is 12.5 Å². The Hall–Kier alpha value is -2.30. The number of hydrogen-bond acceptors (Lipinski definition) is 6. The van der Waals surface area contributed by atoms with E-state index in [9.17, 15) is 32.1 Å². The molecule has 1 atom stereocenters. The zero-order valence-corrected chi connectivity index (χ0v) is 12.4. The number of alkyl halides is 2. The Morgan fingerprint density at radius 2 is 2.09 bits per heavy atom. The fourth-order valence-corrected chi connectivity index (χ4v) is 3.22. The predicted octanol–water partition coefficient (Wildman–Crippen LogP) is 1.64. The molecule has 0 spiro atoms. The molecule has 11 heteroatoms. The second-order valence-corrected chi connectivity index (χ2v) is 6.82. The van der Waals surface area contributed by atoms with Gasteiger partial charge in [-0.3, -0.25) is 10.1 Å². The van der Waals surface area contributed by atoms with Crippen molar-refractivity contribution < 1.29 is 32.0 Å². The summed E-state index contributed by atoms with van der Waals surface area (Å²) >= 11 is 0. The Kier molecular flexibility index (Phi) is 4.50. The van der Waals surface area contributed by atoms with Gasteiger partial charge in [-0.2, -0.15) is 8.78 Å². The van der Waals surface area contributed by atoms with Gasteiger partial charge >= 0.3 is 11.7 Å². The number of nitrogens with zero attached hydrogens (tertiary/aromatic N) is 2. The Bertz CT molecular complexity index is 752. The van der Waals surface area contributed by atoms with Crippen molar-refractivity contribution in [3.63, 3.8) is 0 Å². The number of carboxylic acids is 1. The van der Waals surface area contributed by atoms with Crippen molar-refractivity contribution in [1.82, 2.24) is 0 Å². The molecule has 2 rings (SSSR count). The highest BCUT2D eigenvalue weighted by Gasteiger charge is 2.36. The molecule has 0 amide bonds. The summed E-state index contributed by atoms with van der Waals surface area (Å²) in [5.74, 6) is -4.87. The molecule has 0 radical (unpaired) electrons. The van der Waals surface area contributed by atoms with Crippen molar-refractivity contribution in [3.05, 3.63) is 28.3 Å². The molecule has 0 aromatic heterocycles. The summed E-state index contributed by atoms with van der Waals surface area (Å²) < 4.78 is 48.0. The van der Waals surface area contributed by atoms with Gasteiger partial charge in [0.25, 0.3) is 5.69 Å². The van der Waals surface area contributed by atoms with Crippen LogP contribution in [0.5, 0.6) is 0 Å². The lowest BCUT2D eigenvalue weighted by atomic mass is 10.2. The van der Waals surface area contributed by atoms with Crippen molar-refractivity contribution in [1.29, 1.82) is 0 Å². The zero-order valence-electron chi connectivity index (χ0n) is 11.6. The second-order valence-electron chi connectivity index (χ2n) is 4.90. The lowest BCUT2D eigenvalue weighted by Crippen LogP contribution is -2.36. The third kappa shape index (κ3) is 3.09. The summed E-state index contributed by atoms with van der Waals surface area (Å²) in [4.78, 5) is 21.8. The van der Waals surface area contributed by atoms with Crippen molar-refractivity contribution in [2.45, 2.75) is 29.5 Å². The number of sulfone groups is 1. The van der Waals surface area contributed by atoms with Gasteiger partial charge in [0.05, 0.1) is 9.82 Å². The van der Waals surface area contributed by atoms with Gasteiger partial charge in [0.1, 0.15) is 11.7 Å². The van der Waals surface area contributed by atoms with Gasteiger partial charge in [0.2, 0.25) is 9.84 Å². The Morgan fingerprint density at radius 3 is 2.61 bits per heavy atom. The number of benzene rings is 1. The molecule has 1 aliphatic heterocycles. The Morgan fingerprint density at radius 1 is 1.43 bits per heavy atom. The number of nitro benzene ring substituents is 1. The minimum atomic E-state index is -4.98. The largest absolute Gasteiger partial charge is 0.480 e. The monoisotopic (exact) mass is 350 g/mol. The summed E-state index contributed by atoms with van der Waals surface area (Å²) in [7, 11) is -4.98. The molecule has 0 aliphatic carbocycles. The normalized spacial score (nSPS) is 18.4. The first kappa shape index (κ1) is 17.1. The van der Waals surface area contributed by atoms with Crippen LogP contribution in [-0.2, 0) is 14.6 Å². The first-order chi connectivity index (χ1) is 10.7. The van der Waals surface area contributed by atoms with E-state index in [0.717, 1.165) is 12.1 Å². The molecule has 1 fully saturated rings. The maximum Gasteiger partial charge on any atom is 0.341 e. The van der Waals surface area contributed by atoms with Gasteiger partial charge < -0.3 is 10.0 Å². The predicted molar refractivity (Wildman–Crippen MR) is 74.3 cm³/mol. The molecule has 0 saturated carbocycles. The first-order valence-corrected chi connectivity index (χ1v) is 8.01. The summed E-state index contributed by atoms with van der Waals surface area (Å²) in [6, 6.07) is 1.37. The zero-order chi connectivity index (χ0) is 17.4. The smallest absolute Gasteiger partial charge is 0.341 e. The number of anilines is 1. The third-order valence-corrected chi connectivity index (χ3v) is 4.93. The van der Waals surface area contributed by atoms with Crippen LogP contribution in [0.15, 0.2) is 23.1 Å². The molecule has 1 N–H and O–H groups in total. The highest BCUT2D eigenvalue weighted by Crippen LogP contribution is 2.36. The molecule has 1 aromatic carbocycles. The average molecular weight is 350 g/mol. The number of nitro groups is 1. The molecule has 0 bridgehead atoms. The van der Waals surface area contributed by atoms with Crippen LogP contribution >= 0.6 is 0 Å². The van der Waals surface area contributed by atoms with Crippen LogP contribution in [0.1, 0.15) is 12.8 Å². The van der Waals surface area contributed by atoms with E-state index in [1.807, 2.05) is 0 Å². The van der Waals surface area contributed by atoms with Gasteiger partial charge in [-0.05, 0) is 25.0 Å². The van der Waals surface area contributed by atoms with E-state index in [4.69, 9.17) is 5.11 Å². The third-order valence-electron chi connectivity index (χ3n) is 3.55. The lowest BCUT2D eigenvalue weighted by Gasteiger charge is -2.23. The molecular formula is C12H12F2N2O6S. The van der Waals surface area contributed by atoms with Crippen LogP contribution in [0.25, 0.3) is 0 Å². The van der Waals surface area contributed by atoms with Crippen LogP contribution < -0.4 is 4.90 Å². The Labute approximate surface area is 129 Å². The van der Waals surface area contributed by atoms with Crippen molar-refractivity contribution in [3.8, 4) is 0 Å². The number of halogens is 2. The van der Waals surface area contributed by atoms with E-state index in [1.165, 1.54) is 4.90 Å². The maximum atomic E-state index is 12.6. The number of carboxylic acid groups (broad SMARTS) is 1. The highest BCUT2D eigenvalue weighted by atomic mass is 32.2. The highest BCUT2D eigenvalue weighted by molar-refractivity contribution is 7.91. The van der Waals surface area contributed by atoms with Crippen LogP contribution in [0.3, 0.4) is 0 Å². The number of carbonyl (C=O) groups is 1. The molecule has 126 valence electrons. The van der Waals surface area contributed by atoms with E-state index >= 15 is 0 Å². The van der Waals surface area contributed by atoms with Gasteiger partial charge in [-0.15, -0.1) is 0 Å². The van der Waals surface area contributed by atoms with E-state index < -0.39 is 43.1 Å². The van der Waals surface area contributed by atoms with Gasteiger partial charge in [-0.1, -0.05) is 0 Å². The molecule has 0 unspecified atom stereocenters. The minimum Gasteiger partial charge on any atom is -0.480 e. The van der Waals surface area contributed by atoms with Crippen LogP contribution in [-0.4, -0.2) is 42.8 Å². The second kappa shape index (κ2) is 6.07. The number of hydrogen-bond donors (Lipinski definition) is 1. The lowest BCUT2D eigenvalue weighted by molar-refractivity contribution is -0.384. The van der Waals surface area contributed by atoms with Crippen LogP contribution in [0.4, 0.5) is 20.2 Å². The van der Waals surface area contributed by atoms with Crippen molar-refractivity contribution in [2.75, 3.05) is 11.4 Å².